The Morgan fingerprint density at radius 1 is 1.14 bits per heavy atom. The summed E-state index contributed by atoms with van der Waals surface area (Å²) >= 11 is 0. The van der Waals surface area contributed by atoms with E-state index in [0.29, 0.717) is 5.88 Å². The number of hydrogen-bond donors (Lipinski definition) is 1. The molecule has 21 heavy (non-hydrogen) atoms. The molecule has 114 valence electrons. The largest absolute Gasteiger partial charge is 0.481 e. The fourth-order valence-corrected chi connectivity index (χ4v) is 2.45. The average Bonchev–Trinajstić information content (AvgIpc) is 2.54. The van der Waals surface area contributed by atoms with Crippen molar-refractivity contribution in [3.8, 4) is 5.88 Å². The fourth-order valence-electron chi connectivity index (χ4n) is 2.45. The van der Waals surface area contributed by atoms with Crippen LogP contribution in [0.1, 0.15) is 20.3 Å². The van der Waals surface area contributed by atoms with E-state index in [4.69, 9.17) is 4.74 Å². The molecule has 0 unspecified atom stereocenters. The summed E-state index contributed by atoms with van der Waals surface area (Å²) < 4.78 is 5.22. The molecule has 0 bridgehead atoms. The maximum Gasteiger partial charge on any atom is 0.213 e. The molecule has 0 aliphatic heterocycles. The van der Waals surface area contributed by atoms with E-state index in [9.17, 15) is 0 Å². The molecular weight excluding hydrogens is 262 g/mol. The summed E-state index contributed by atoms with van der Waals surface area (Å²) in [4.78, 5) is 6.98. The Bertz CT molecular complexity index is 567. The number of ether oxygens (including phenoxy) is 1. The van der Waals surface area contributed by atoms with Crippen molar-refractivity contribution in [1.29, 1.82) is 0 Å². The molecule has 1 aromatic heterocycles. The molecule has 2 rings (SSSR count). The summed E-state index contributed by atoms with van der Waals surface area (Å²) in [5.74, 6) is 0.653. The number of benzene rings is 1. The van der Waals surface area contributed by atoms with Crippen molar-refractivity contribution in [2.24, 2.45) is 0 Å². The van der Waals surface area contributed by atoms with Gasteiger partial charge in [0.1, 0.15) is 0 Å². The first-order valence-electron chi connectivity index (χ1n) is 7.68. The number of aromatic nitrogens is 1. The standard InChI is InChI=1S/C17H25N3O/c1-4-20(5-2)13-7-12-18-15-9-6-8-14-10-11-16(21-3)19-17(14)15/h6,8-11,18H,4-5,7,12-13H2,1-3H3. The van der Waals surface area contributed by atoms with Crippen LogP contribution < -0.4 is 10.1 Å². The molecule has 1 aromatic carbocycles. The molecule has 1 heterocycles. The molecule has 2 aromatic rings. The Labute approximate surface area is 127 Å². The van der Waals surface area contributed by atoms with Gasteiger partial charge in [-0.1, -0.05) is 26.0 Å². The molecule has 0 spiro atoms. The lowest BCUT2D eigenvalue weighted by atomic mass is 10.2. The molecule has 0 atom stereocenters. The van der Waals surface area contributed by atoms with Gasteiger partial charge in [0, 0.05) is 18.0 Å². The van der Waals surface area contributed by atoms with E-state index >= 15 is 0 Å². The maximum absolute atomic E-state index is 5.22. The van der Waals surface area contributed by atoms with Crippen LogP contribution in [0.25, 0.3) is 10.9 Å². The van der Waals surface area contributed by atoms with Gasteiger partial charge in [-0.15, -0.1) is 0 Å². The van der Waals surface area contributed by atoms with Crippen molar-refractivity contribution in [1.82, 2.24) is 9.88 Å². The maximum atomic E-state index is 5.22. The monoisotopic (exact) mass is 287 g/mol. The van der Waals surface area contributed by atoms with Gasteiger partial charge in [0.15, 0.2) is 0 Å². The van der Waals surface area contributed by atoms with Gasteiger partial charge in [0.2, 0.25) is 5.88 Å². The lowest BCUT2D eigenvalue weighted by Crippen LogP contribution is -2.25. The van der Waals surface area contributed by atoms with Crippen LogP contribution in [-0.4, -0.2) is 43.2 Å². The van der Waals surface area contributed by atoms with Crippen LogP contribution in [0.3, 0.4) is 0 Å². The predicted molar refractivity (Wildman–Crippen MR) is 89.2 cm³/mol. The Hall–Kier alpha value is -1.81. The molecule has 1 N–H and O–H groups in total. The van der Waals surface area contributed by atoms with E-state index in [1.807, 2.05) is 12.1 Å². The van der Waals surface area contributed by atoms with Crippen LogP contribution in [-0.2, 0) is 0 Å². The van der Waals surface area contributed by atoms with Crippen LogP contribution in [0.5, 0.6) is 5.88 Å². The normalized spacial score (nSPS) is 11.0. The zero-order valence-electron chi connectivity index (χ0n) is 13.2. The summed E-state index contributed by atoms with van der Waals surface area (Å²) in [5.41, 5.74) is 2.05. The second kappa shape index (κ2) is 7.84. The minimum absolute atomic E-state index is 0.653. The van der Waals surface area contributed by atoms with Crippen molar-refractivity contribution in [3.63, 3.8) is 0 Å². The Morgan fingerprint density at radius 3 is 2.67 bits per heavy atom. The highest BCUT2D eigenvalue weighted by Crippen LogP contribution is 2.23. The lowest BCUT2D eigenvalue weighted by Gasteiger charge is -2.18. The summed E-state index contributed by atoms with van der Waals surface area (Å²) in [6.07, 6.45) is 1.13. The molecule has 0 fully saturated rings. The Balaban J connectivity index is 2.01. The third-order valence-corrected chi connectivity index (χ3v) is 3.76. The molecule has 0 amide bonds. The van der Waals surface area contributed by atoms with Crippen LogP contribution in [0.4, 0.5) is 5.69 Å². The first kappa shape index (κ1) is 15.6. The number of fused-ring (bicyclic) bond motifs is 1. The topological polar surface area (TPSA) is 37.4 Å². The molecule has 4 nitrogen and oxygen atoms in total. The number of hydrogen-bond acceptors (Lipinski definition) is 4. The molecule has 0 saturated heterocycles. The highest BCUT2D eigenvalue weighted by Gasteiger charge is 2.04. The average molecular weight is 287 g/mol. The summed E-state index contributed by atoms with van der Waals surface area (Å²) in [6.45, 7) is 8.72. The van der Waals surface area contributed by atoms with Crippen LogP contribution >= 0.6 is 0 Å². The smallest absolute Gasteiger partial charge is 0.213 e. The quantitative estimate of drug-likeness (QED) is 0.755. The number of rotatable bonds is 8. The Morgan fingerprint density at radius 2 is 1.95 bits per heavy atom. The molecule has 0 aliphatic carbocycles. The lowest BCUT2D eigenvalue weighted by molar-refractivity contribution is 0.303. The van der Waals surface area contributed by atoms with Gasteiger partial charge in [0.25, 0.3) is 0 Å². The van der Waals surface area contributed by atoms with E-state index in [1.165, 1.54) is 0 Å². The number of nitrogens with one attached hydrogen (secondary N) is 1. The van der Waals surface area contributed by atoms with Gasteiger partial charge in [-0.25, -0.2) is 4.98 Å². The van der Waals surface area contributed by atoms with E-state index in [-0.39, 0.29) is 0 Å². The number of para-hydroxylation sites is 1. The number of pyridine rings is 1. The third kappa shape index (κ3) is 4.08. The first-order valence-corrected chi connectivity index (χ1v) is 7.68. The molecule has 0 saturated carbocycles. The second-order valence-electron chi connectivity index (χ2n) is 5.04. The van der Waals surface area contributed by atoms with Crippen LogP contribution in [0.15, 0.2) is 30.3 Å². The van der Waals surface area contributed by atoms with Crippen molar-refractivity contribution in [2.75, 3.05) is 38.6 Å². The van der Waals surface area contributed by atoms with E-state index in [1.54, 1.807) is 7.11 Å². The van der Waals surface area contributed by atoms with Crippen molar-refractivity contribution in [2.45, 2.75) is 20.3 Å². The van der Waals surface area contributed by atoms with Crippen molar-refractivity contribution >= 4 is 16.6 Å². The summed E-state index contributed by atoms with van der Waals surface area (Å²) in [7, 11) is 1.65. The minimum atomic E-state index is 0.653. The SMILES string of the molecule is CCN(CC)CCCNc1cccc2ccc(OC)nc12. The second-order valence-corrected chi connectivity index (χ2v) is 5.04. The van der Waals surface area contributed by atoms with Gasteiger partial charge >= 0.3 is 0 Å². The van der Waals surface area contributed by atoms with E-state index in [2.05, 4.69) is 47.2 Å². The van der Waals surface area contributed by atoms with E-state index in [0.717, 1.165) is 49.2 Å². The molecule has 4 heteroatoms. The number of nitrogens with zero attached hydrogens (tertiary/aromatic N) is 2. The Kier molecular flexibility index (Phi) is 5.81. The first-order chi connectivity index (χ1) is 10.3. The summed E-state index contributed by atoms with van der Waals surface area (Å²) in [6, 6.07) is 10.1. The van der Waals surface area contributed by atoms with Gasteiger partial charge in [0.05, 0.1) is 18.3 Å². The zero-order valence-corrected chi connectivity index (χ0v) is 13.2. The van der Waals surface area contributed by atoms with Gasteiger partial charge in [-0.2, -0.15) is 0 Å². The minimum Gasteiger partial charge on any atom is -0.481 e. The van der Waals surface area contributed by atoms with Crippen molar-refractivity contribution < 1.29 is 4.74 Å². The van der Waals surface area contributed by atoms with Gasteiger partial charge in [-0.3, -0.25) is 0 Å². The number of methoxy groups -OCH3 is 1. The molecule has 0 radical (unpaired) electrons. The van der Waals surface area contributed by atoms with Crippen LogP contribution in [0, 0.1) is 0 Å². The van der Waals surface area contributed by atoms with Gasteiger partial charge < -0.3 is 15.0 Å². The fraction of sp³-hybridized carbons (Fsp3) is 0.471. The molecular formula is C17H25N3O. The van der Waals surface area contributed by atoms with Crippen molar-refractivity contribution in [3.05, 3.63) is 30.3 Å². The highest BCUT2D eigenvalue weighted by molar-refractivity contribution is 5.90. The predicted octanol–water partition coefficient (Wildman–Crippen LogP) is 3.39. The summed E-state index contributed by atoms with van der Waals surface area (Å²) in [5, 5.41) is 4.63. The third-order valence-electron chi connectivity index (χ3n) is 3.76. The molecule has 0 aliphatic rings. The highest BCUT2D eigenvalue weighted by atomic mass is 16.5. The van der Waals surface area contributed by atoms with Gasteiger partial charge in [-0.05, 0) is 38.2 Å². The number of anilines is 1. The van der Waals surface area contributed by atoms with E-state index < -0.39 is 0 Å². The van der Waals surface area contributed by atoms with Crippen LogP contribution in [0.2, 0.25) is 0 Å². The zero-order chi connectivity index (χ0) is 15.1.